The molecule has 1 amide bonds. The van der Waals surface area contributed by atoms with E-state index in [-0.39, 0.29) is 12.5 Å². The van der Waals surface area contributed by atoms with Gasteiger partial charge < -0.3 is 4.74 Å². The Balaban J connectivity index is 1.88. The number of ether oxygens (including phenoxy) is 1. The molecular formula is C16H14BrClN2O2. The second kappa shape index (κ2) is 7.96. The predicted molar refractivity (Wildman–Crippen MR) is 91.4 cm³/mol. The van der Waals surface area contributed by atoms with Gasteiger partial charge in [0.25, 0.3) is 5.91 Å². The quantitative estimate of drug-likeness (QED) is 0.628. The monoisotopic (exact) mass is 380 g/mol. The van der Waals surface area contributed by atoms with Gasteiger partial charge in [-0.15, -0.1) is 0 Å². The summed E-state index contributed by atoms with van der Waals surface area (Å²) in [6.45, 7) is 1.68. The third kappa shape index (κ3) is 5.16. The number of hydrazone groups is 1. The van der Waals surface area contributed by atoms with Gasteiger partial charge in [-0.25, -0.2) is 5.43 Å². The van der Waals surface area contributed by atoms with E-state index in [1.54, 1.807) is 31.2 Å². The molecule has 2 aromatic rings. The highest BCUT2D eigenvalue weighted by Gasteiger charge is 2.03. The van der Waals surface area contributed by atoms with Crippen molar-refractivity contribution < 1.29 is 9.53 Å². The lowest BCUT2D eigenvalue weighted by atomic mass is 10.1. The van der Waals surface area contributed by atoms with Gasteiger partial charge in [0, 0.05) is 9.50 Å². The molecule has 0 spiro atoms. The van der Waals surface area contributed by atoms with Crippen molar-refractivity contribution >= 4 is 39.1 Å². The van der Waals surface area contributed by atoms with E-state index in [0.29, 0.717) is 16.5 Å². The Hall–Kier alpha value is -1.85. The Labute approximate surface area is 142 Å². The van der Waals surface area contributed by atoms with E-state index in [2.05, 4.69) is 26.5 Å². The summed E-state index contributed by atoms with van der Waals surface area (Å²) in [6, 6.07) is 14.5. The fourth-order valence-corrected chi connectivity index (χ4v) is 2.23. The third-order valence-electron chi connectivity index (χ3n) is 2.76. The molecule has 0 fully saturated rings. The van der Waals surface area contributed by atoms with E-state index in [9.17, 15) is 4.79 Å². The van der Waals surface area contributed by atoms with Gasteiger partial charge in [-0.05, 0) is 42.8 Å². The summed E-state index contributed by atoms with van der Waals surface area (Å²) in [5, 5.41) is 4.66. The Bertz CT molecular complexity index is 704. The van der Waals surface area contributed by atoms with E-state index in [0.717, 1.165) is 10.0 Å². The van der Waals surface area contributed by atoms with Gasteiger partial charge in [0.2, 0.25) is 0 Å². The van der Waals surface area contributed by atoms with Gasteiger partial charge in [0.05, 0.1) is 5.71 Å². The highest BCUT2D eigenvalue weighted by atomic mass is 79.9. The van der Waals surface area contributed by atoms with E-state index >= 15 is 0 Å². The molecule has 2 rings (SSSR count). The molecule has 22 heavy (non-hydrogen) atoms. The molecule has 2 aromatic carbocycles. The Kier molecular flexibility index (Phi) is 5.98. The van der Waals surface area contributed by atoms with Crippen molar-refractivity contribution in [2.75, 3.05) is 6.61 Å². The topological polar surface area (TPSA) is 50.7 Å². The summed E-state index contributed by atoms with van der Waals surface area (Å²) in [7, 11) is 0. The lowest BCUT2D eigenvalue weighted by Crippen LogP contribution is -2.25. The summed E-state index contributed by atoms with van der Waals surface area (Å²) in [4.78, 5) is 11.7. The number of carbonyl (C=O) groups is 1. The minimum absolute atomic E-state index is 0.108. The molecule has 0 aromatic heterocycles. The largest absolute Gasteiger partial charge is 0.484 e. The van der Waals surface area contributed by atoms with Crippen LogP contribution < -0.4 is 10.2 Å². The summed E-state index contributed by atoms with van der Waals surface area (Å²) in [5.41, 5.74) is 3.97. The number of benzene rings is 2. The van der Waals surface area contributed by atoms with Crippen molar-refractivity contribution in [3.8, 4) is 5.75 Å². The number of halogens is 2. The standard InChI is InChI=1S/C16H14BrClN2O2/c1-11(12-4-2-6-14(18)8-12)19-20-16(21)10-22-15-7-3-5-13(17)9-15/h2-9H,10H2,1H3,(H,20,21)/b19-11-. The van der Waals surface area contributed by atoms with Crippen LogP contribution in [0.15, 0.2) is 58.1 Å². The maximum absolute atomic E-state index is 11.7. The first kappa shape index (κ1) is 16.5. The van der Waals surface area contributed by atoms with Crippen molar-refractivity contribution in [2.45, 2.75) is 6.92 Å². The number of amides is 1. The molecule has 0 aliphatic rings. The van der Waals surface area contributed by atoms with E-state index in [4.69, 9.17) is 16.3 Å². The van der Waals surface area contributed by atoms with Gasteiger partial charge in [-0.3, -0.25) is 4.79 Å². The lowest BCUT2D eigenvalue weighted by molar-refractivity contribution is -0.123. The molecule has 0 aliphatic heterocycles. The number of hydrogen-bond donors (Lipinski definition) is 1. The molecular weight excluding hydrogens is 368 g/mol. The first-order valence-corrected chi connectivity index (χ1v) is 7.69. The van der Waals surface area contributed by atoms with Crippen molar-refractivity contribution in [3.63, 3.8) is 0 Å². The fourth-order valence-electron chi connectivity index (χ4n) is 1.66. The van der Waals surface area contributed by atoms with E-state index in [1.165, 1.54) is 0 Å². The van der Waals surface area contributed by atoms with Crippen LogP contribution in [0.4, 0.5) is 0 Å². The second-order valence-corrected chi connectivity index (χ2v) is 5.84. The average molecular weight is 382 g/mol. The Morgan fingerprint density at radius 3 is 2.77 bits per heavy atom. The van der Waals surface area contributed by atoms with Crippen LogP contribution in [-0.4, -0.2) is 18.2 Å². The zero-order valence-corrected chi connectivity index (χ0v) is 14.2. The van der Waals surface area contributed by atoms with Gasteiger partial charge in [0.15, 0.2) is 6.61 Å². The number of rotatable bonds is 5. The highest BCUT2D eigenvalue weighted by Crippen LogP contribution is 2.17. The molecule has 0 unspecified atom stereocenters. The molecule has 0 atom stereocenters. The molecule has 0 saturated carbocycles. The predicted octanol–water partition coefficient (Wildman–Crippen LogP) is 4.02. The van der Waals surface area contributed by atoms with Gasteiger partial charge in [0.1, 0.15) is 5.75 Å². The number of carbonyl (C=O) groups excluding carboxylic acids is 1. The van der Waals surface area contributed by atoms with E-state index in [1.807, 2.05) is 24.3 Å². The van der Waals surface area contributed by atoms with Crippen molar-refractivity contribution in [2.24, 2.45) is 5.10 Å². The number of nitrogens with zero attached hydrogens (tertiary/aromatic N) is 1. The molecule has 4 nitrogen and oxygen atoms in total. The Morgan fingerprint density at radius 2 is 2.05 bits per heavy atom. The first-order chi connectivity index (χ1) is 10.5. The SMILES string of the molecule is C/C(=N/NC(=O)COc1cccc(Br)c1)c1cccc(Cl)c1. The average Bonchev–Trinajstić information content (AvgIpc) is 2.50. The molecule has 1 N–H and O–H groups in total. The highest BCUT2D eigenvalue weighted by molar-refractivity contribution is 9.10. The molecule has 114 valence electrons. The van der Waals surface area contributed by atoms with Crippen LogP contribution in [0.5, 0.6) is 5.75 Å². The van der Waals surface area contributed by atoms with Crippen LogP contribution in [0.1, 0.15) is 12.5 Å². The van der Waals surface area contributed by atoms with Crippen molar-refractivity contribution in [1.29, 1.82) is 0 Å². The lowest BCUT2D eigenvalue weighted by Gasteiger charge is -2.06. The summed E-state index contributed by atoms with van der Waals surface area (Å²) >= 11 is 9.25. The zero-order chi connectivity index (χ0) is 15.9. The normalized spacial score (nSPS) is 11.1. The molecule has 0 saturated heterocycles. The molecule has 0 heterocycles. The molecule has 6 heteroatoms. The van der Waals surface area contributed by atoms with Crippen LogP contribution in [0, 0.1) is 0 Å². The maximum atomic E-state index is 11.7. The fraction of sp³-hybridized carbons (Fsp3) is 0.125. The van der Waals surface area contributed by atoms with Crippen molar-refractivity contribution in [3.05, 3.63) is 63.6 Å². The van der Waals surface area contributed by atoms with Crippen LogP contribution in [0.3, 0.4) is 0 Å². The zero-order valence-electron chi connectivity index (χ0n) is 11.8. The van der Waals surface area contributed by atoms with Crippen molar-refractivity contribution in [1.82, 2.24) is 5.43 Å². The van der Waals surface area contributed by atoms with Crippen LogP contribution in [0.25, 0.3) is 0 Å². The molecule has 0 radical (unpaired) electrons. The van der Waals surface area contributed by atoms with Gasteiger partial charge >= 0.3 is 0 Å². The van der Waals surface area contributed by atoms with Gasteiger partial charge in [-0.1, -0.05) is 45.7 Å². The number of hydrogen-bond acceptors (Lipinski definition) is 3. The van der Waals surface area contributed by atoms with E-state index < -0.39 is 0 Å². The summed E-state index contributed by atoms with van der Waals surface area (Å²) in [5.74, 6) is 0.279. The number of nitrogens with one attached hydrogen (secondary N) is 1. The maximum Gasteiger partial charge on any atom is 0.277 e. The second-order valence-electron chi connectivity index (χ2n) is 4.49. The minimum Gasteiger partial charge on any atom is -0.484 e. The van der Waals surface area contributed by atoms with Crippen LogP contribution >= 0.6 is 27.5 Å². The molecule has 0 bridgehead atoms. The summed E-state index contributed by atoms with van der Waals surface area (Å²) < 4.78 is 6.26. The summed E-state index contributed by atoms with van der Waals surface area (Å²) in [6.07, 6.45) is 0. The van der Waals surface area contributed by atoms with Gasteiger partial charge in [-0.2, -0.15) is 5.10 Å². The third-order valence-corrected chi connectivity index (χ3v) is 3.49. The smallest absolute Gasteiger partial charge is 0.277 e. The Morgan fingerprint density at radius 1 is 1.27 bits per heavy atom. The van der Waals surface area contributed by atoms with Crippen LogP contribution in [-0.2, 0) is 4.79 Å². The molecule has 0 aliphatic carbocycles. The minimum atomic E-state index is -0.332. The van der Waals surface area contributed by atoms with Crippen LogP contribution in [0.2, 0.25) is 5.02 Å². The first-order valence-electron chi connectivity index (χ1n) is 6.52.